The van der Waals surface area contributed by atoms with Crippen molar-refractivity contribution >= 4 is 11.3 Å². The molecule has 0 aliphatic heterocycles. The smallest absolute Gasteiger partial charge is 0.0345 e. The maximum atomic E-state index is 2.25. The molecule has 2 rings (SSSR count). The highest BCUT2D eigenvalue weighted by Gasteiger charge is 2.05. The Balaban J connectivity index is 0.000000686. The van der Waals surface area contributed by atoms with Crippen LogP contribution in [-0.4, -0.2) is 0 Å². The first-order valence-corrected chi connectivity index (χ1v) is 7.15. The maximum Gasteiger partial charge on any atom is 0.0345 e. The Hall–Kier alpha value is -1.08. The van der Waals surface area contributed by atoms with E-state index >= 15 is 0 Å². The normalized spacial score (nSPS) is 10.0. The molecule has 2 aromatic rings. The average molecular weight is 246 g/mol. The molecule has 0 aliphatic carbocycles. The molecule has 1 aromatic heterocycles. The molecule has 92 valence electrons. The lowest BCUT2D eigenvalue weighted by molar-refractivity contribution is 0.890. The van der Waals surface area contributed by atoms with Crippen LogP contribution in [0.15, 0.2) is 36.4 Å². The minimum Gasteiger partial charge on any atom is -0.140 e. The van der Waals surface area contributed by atoms with Gasteiger partial charge in [-0.3, -0.25) is 0 Å². The van der Waals surface area contributed by atoms with Gasteiger partial charge in [-0.25, -0.2) is 0 Å². The first-order valence-electron chi connectivity index (χ1n) is 6.33. The molecule has 0 nitrogen and oxygen atoms in total. The van der Waals surface area contributed by atoms with Crippen LogP contribution in [-0.2, 0) is 0 Å². The third kappa shape index (κ3) is 3.71. The zero-order valence-corrected chi connectivity index (χ0v) is 12.3. The van der Waals surface area contributed by atoms with Crippen molar-refractivity contribution in [3.05, 3.63) is 46.8 Å². The van der Waals surface area contributed by atoms with E-state index in [1.165, 1.54) is 20.9 Å². The molecule has 0 saturated heterocycles. The van der Waals surface area contributed by atoms with Crippen molar-refractivity contribution in [2.45, 2.75) is 40.5 Å². The van der Waals surface area contributed by atoms with Gasteiger partial charge < -0.3 is 0 Å². The summed E-state index contributed by atoms with van der Waals surface area (Å²) in [6.45, 7) is 10.6. The Bertz CT molecular complexity index is 452. The lowest BCUT2D eigenvalue weighted by atomic mass is 10.1. The number of rotatable bonds is 2. The third-order valence-electron chi connectivity index (χ3n) is 2.50. The van der Waals surface area contributed by atoms with Crippen molar-refractivity contribution in [3.63, 3.8) is 0 Å². The molecule has 1 heterocycles. The second-order valence-electron chi connectivity index (χ2n) is 4.23. The highest BCUT2D eigenvalue weighted by molar-refractivity contribution is 7.15. The van der Waals surface area contributed by atoms with Gasteiger partial charge in [-0.15, -0.1) is 11.3 Å². The van der Waals surface area contributed by atoms with Crippen LogP contribution >= 0.6 is 11.3 Å². The number of hydrogen-bond acceptors (Lipinski definition) is 1. The van der Waals surface area contributed by atoms with Gasteiger partial charge in [-0.2, -0.15) is 0 Å². The number of benzene rings is 1. The van der Waals surface area contributed by atoms with Crippen molar-refractivity contribution in [3.8, 4) is 10.4 Å². The minimum atomic E-state index is 0.633. The van der Waals surface area contributed by atoms with E-state index in [0.717, 1.165) is 0 Å². The summed E-state index contributed by atoms with van der Waals surface area (Å²) in [6.07, 6.45) is 0. The highest BCUT2D eigenvalue weighted by atomic mass is 32.1. The van der Waals surface area contributed by atoms with E-state index in [9.17, 15) is 0 Å². The standard InChI is InChI=1S/C14H16S.C2H6/c1-10(2)13-7-8-14(15-13)12-6-4-5-11(3)9-12;1-2/h4-10H,1-3H3;1-2H3. The van der Waals surface area contributed by atoms with Gasteiger partial charge in [0.25, 0.3) is 0 Å². The van der Waals surface area contributed by atoms with Crippen LogP contribution in [0.3, 0.4) is 0 Å². The summed E-state index contributed by atoms with van der Waals surface area (Å²) in [5.74, 6) is 0.633. The Morgan fingerprint density at radius 1 is 1.00 bits per heavy atom. The molecule has 0 fully saturated rings. The molecule has 17 heavy (non-hydrogen) atoms. The van der Waals surface area contributed by atoms with Crippen molar-refractivity contribution in [1.29, 1.82) is 0 Å². The summed E-state index contributed by atoms with van der Waals surface area (Å²) in [6, 6.07) is 13.2. The van der Waals surface area contributed by atoms with Crippen molar-refractivity contribution < 1.29 is 0 Å². The van der Waals surface area contributed by atoms with Crippen LogP contribution in [0.1, 0.15) is 44.1 Å². The van der Waals surface area contributed by atoms with Crippen molar-refractivity contribution in [2.75, 3.05) is 0 Å². The van der Waals surface area contributed by atoms with Gasteiger partial charge in [0.15, 0.2) is 0 Å². The van der Waals surface area contributed by atoms with E-state index in [4.69, 9.17) is 0 Å². The Labute approximate surface area is 109 Å². The van der Waals surface area contributed by atoms with Gasteiger partial charge in [0, 0.05) is 9.75 Å². The van der Waals surface area contributed by atoms with E-state index in [1.807, 2.05) is 25.2 Å². The topological polar surface area (TPSA) is 0 Å². The molecule has 0 spiro atoms. The fraction of sp³-hybridized carbons (Fsp3) is 0.375. The molecule has 1 aromatic carbocycles. The molecule has 0 unspecified atom stereocenters. The molecular formula is C16H22S. The largest absolute Gasteiger partial charge is 0.140 e. The van der Waals surface area contributed by atoms with Crippen molar-refractivity contribution in [2.24, 2.45) is 0 Å². The van der Waals surface area contributed by atoms with E-state index in [0.29, 0.717) is 5.92 Å². The summed E-state index contributed by atoms with van der Waals surface area (Å²) < 4.78 is 0. The van der Waals surface area contributed by atoms with Crippen LogP contribution in [0.4, 0.5) is 0 Å². The van der Waals surface area contributed by atoms with Crippen molar-refractivity contribution in [1.82, 2.24) is 0 Å². The second-order valence-corrected chi connectivity index (χ2v) is 5.34. The van der Waals surface area contributed by atoms with Crippen LogP contribution in [0.25, 0.3) is 10.4 Å². The first kappa shape index (κ1) is 14.0. The fourth-order valence-electron chi connectivity index (χ4n) is 1.62. The Morgan fingerprint density at radius 3 is 2.24 bits per heavy atom. The van der Waals surface area contributed by atoms with Gasteiger partial charge >= 0.3 is 0 Å². The Morgan fingerprint density at radius 2 is 1.71 bits per heavy atom. The lowest BCUT2D eigenvalue weighted by Gasteiger charge is -2.00. The van der Waals surface area contributed by atoms with E-state index in [2.05, 4.69) is 57.2 Å². The molecule has 0 saturated carbocycles. The van der Waals surface area contributed by atoms with E-state index < -0.39 is 0 Å². The number of aryl methyl sites for hydroxylation is 1. The number of hydrogen-bond donors (Lipinski definition) is 0. The second kappa shape index (κ2) is 6.61. The molecule has 0 amide bonds. The summed E-state index contributed by atoms with van der Waals surface area (Å²) in [7, 11) is 0. The monoisotopic (exact) mass is 246 g/mol. The van der Waals surface area contributed by atoms with Gasteiger partial charge in [0.05, 0.1) is 0 Å². The van der Waals surface area contributed by atoms with Crippen LogP contribution in [0.2, 0.25) is 0 Å². The van der Waals surface area contributed by atoms with Gasteiger partial charge in [-0.1, -0.05) is 57.5 Å². The summed E-state index contributed by atoms with van der Waals surface area (Å²) >= 11 is 1.90. The summed E-state index contributed by atoms with van der Waals surface area (Å²) in [5, 5.41) is 0. The van der Waals surface area contributed by atoms with Gasteiger partial charge in [0.1, 0.15) is 0 Å². The van der Waals surface area contributed by atoms with E-state index in [-0.39, 0.29) is 0 Å². The zero-order valence-electron chi connectivity index (χ0n) is 11.4. The van der Waals surface area contributed by atoms with Crippen LogP contribution in [0.5, 0.6) is 0 Å². The van der Waals surface area contributed by atoms with Crippen LogP contribution in [0, 0.1) is 6.92 Å². The molecular weight excluding hydrogens is 224 g/mol. The molecule has 0 radical (unpaired) electrons. The minimum absolute atomic E-state index is 0.633. The summed E-state index contributed by atoms with van der Waals surface area (Å²) in [5.41, 5.74) is 2.67. The fourth-order valence-corrected chi connectivity index (χ4v) is 2.62. The maximum absolute atomic E-state index is 2.25. The number of thiophene rings is 1. The highest BCUT2D eigenvalue weighted by Crippen LogP contribution is 2.32. The molecule has 0 bridgehead atoms. The van der Waals surface area contributed by atoms with Crippen LogP contribution < -0.4 is 0 Å². The first-order chi connectivity index (χ1) is 8.16. The quantitative estimate of drug-likeness (QED) is 0.621. The van der Waals surface area contributed by atoms with Gasteiger partial charge in [0.2, 0.25) is 0 Å². The van der Waals surface area contributed by atoms with E-state index in [1.54, 1.807) is 0 Å². The SMILES string of the molecule is CC.Cc1cccc(-c2ccc(C(C)C)s2)c1. The summed E-state index contributed by atoms with van der Waals surface area (Å²) in [4.78, 5) is 2.84. The predicted octanol–water partition coefficient (Wildman–Crippen LogP) is 5.87. The lowest BCUT2D eigenvalue weighted by Crippen LogP contribution is -1.77. The zero-order chi connectivity index (χ0) is 12.8. The molecule has 0 aliphatic rings. The molecule has 0 atom stereocenters. The Kier molecular flexibility index (Phi) is 5.43. The molecule has 0 N–H and O–H groups in total. The molecule has 1 heteroatoms. The third-order valence-corrected chi connectivity index (χ3v) is 3.93. The predicted molar refractivity (Wildman–Crippen MR) is 79.9 cm³/mol. The van der Waals surface area contributed by atoms with Gasteiger partial charge in [-0.05, 0) is 30.5 Å². The average Bonchev–Trinajstić information content (AvgIpc) is 2.81.